The van der Waals surface area contributed by atoms with Crippen LogP contribution in [0.1, 0.15) is 29.0 Å². The average Bonchev–Trinajstić information content (AvgIpc) is 3.19. The van der Waals surface area contributed by atoms with Gasteiger partial charge in [0.15, 0.2) is 16.6 Å². The molecule has 3 heterocycles. The summed E-state index contributed by atoms with van der Waals surface area (Å²) in [5.74, 6) is -0.0564. The van der Waals surface area contributed by atoms with Crippen LogP contribution in [0.25, 0.3) is 0 Å². The van der Waals surface area contributed by atoms with Gasteiger partial charge in [0.2, 0.25) is 5.91 Å². The average molecular weight is 332 g/mol. The van der Waals surface area contributed by atoms with E-state index in [1.54, 1.807) is 17.5 Å². The van der Waals surface area contributed by atoms with Crippen molar-refractivity contribution >= 4 is 34.1 Å². The van der Waals surface area contributed by atoms with E-state index in [9.17, 15) is 9.59 Å². The zero-order chi connectivity index (χ0) is 16.2. The van der Waals surface area contributed by atoms with Gasteiger partial charge in [-0.2, -0.15) is 0 Å². The van der Waals surface area contributed by atoms with Crippen molar-refractivity contribution in [1.29, 1.82) is 0 Å². The summed E-state index contributed by atoms with van der Waals surface area (Å²) in [6.07, 6.45) is 2.36. The summed E-state index contributed by atoms with van der Waals surface area (Å²) >= 11 is 1.23. The van der Waals surface area contributed by atoms with Crippen LogP contribution in [0.4, 0.5) is 10.9 Å². The first-order valence-corrected chi connectivity index (χ1v) is 8.12. The van der Waals surface area contributed by atoms with Crippen LogP contribution in [0.15, 0.2) is 17.5 Å². The molecular weight excluding hydrogens is 316 g/mol. The number of amides is 2. The third kappa shape index (κ3) is 3.81. The molecule has 1 fully saturated rings. The maximum atomic E-state index is 12.1. The third-order valence-corrected chi connectivity index (χ3v) is 4.25. The maximum Gasteiger partial charge on any atom is 0.277 e. The van der Waals surface area contributed by atoms with Gasteiger partial charge in [0, 0.05) is 18.5 Å². The maximum absolute atomic E-state index is 12.1. The van der Waals surface area contributed by atoms with Crippen LogP contribution in [-0.4, -0.2) is 40.1 Å². The number of nitrogens with two attached hydrogens (primary N) is 1. The van der Waals surface area contributed by atoms with Crippen molar-refractivity contribution in [2.24, 2.45) is 5.73 Å². The van der Waals surface area contributed by atoms with Crippen LogP contribution < -0.4 is 16.0 Å². The van der Waals surface area contributed by atoms with E-state index >= 15 is 0 Å². The van der Waals surface area contributed by atoms with E-state index in [1.807, 2.05) is 0 Å². The smallest absolute Gasteiger partial charge is 0.277 e. The second kappa shape index (κ2) is 6.69. The highest BCUT2D eigenvalue weighted by atomic mass is 32.1. The second-order valence-corrected chi connectivity index (χ2v) is 6.07. The molecule has 0 bridgehead atoms. The highest BCUT2D eigenvalue weighted by Gasteiger charge is 2.16. The molecule has 3 rings (SSSR count). The third-order valence-electron chi connectivity index (χ3n) is 3.44. The van der Waals surface area contributed by atoms with E-state index in [2.05, 4.69) is 25.4 Å². The summed E-state index contributed by atoms with van der Waals surface area (Å²) in [6, 6.07) is 3.45. The lowest BCUT2D eigenvalue weighted by Crippen LogP contribution is -2.21. The zero-order valence-electron chi connectivity index (χ0n) is 12.4. The van der Waals surface area contributed by atoms with Gasteiger partial charge in [-0.25, -0.2) is 4.98 Å². The lowest BCUT2D eigenvalue weighted by Gasteiger charge is -2.14. The molecule has 0 aliphatic carbocycles. The van der Waals surface area contributed by atoms with Crippen molar-refractivity contribution in [2.75, 3.05) is 23.3 Å². The Hall–Kier alpha value is -2.55. The fraction of sp³-hybridized carbons (Fsp3) is 0.357. The molecule has 23 heavy (non-hydrogen) atoms. The van der Waals surface area contributed by atoms with Gasteiger partial charge >= 0.3 is 0 Å². The first-order chi connectivity index (χ1) is 11.1. The monoisotopic (exact) mass is 332 g/mol. The van der Waals surface area contributed by atoms with Crippen LogP contribution in [0.5, 0.6) is 0 Å². The minimum atomic E-state index is -0.462. The van der Waals surface area contributed by atoms with E-state index in [0.717, 1.165) is 31.7 Å². The minimum Gasteiger partial charge on any atom is -0.369 e. The molecule has 0 radical (unpaired) electrons. The summed E-state index contributed by atoms with van der Waals surface area (Å²) in [4.78, 5) is 29.2. The first kappa shape index (κ1) is 15.3. The molecule has 8 nitrogen and oxygen atoms in total. The number of carbonyl (C=O) groups is 2. The van der Waals surface area contributed by atoms with Gasteiger partial charge in [-0.15, -0.1) is 21.5 Å². The van der Waals surface area contributed by atoms with Crippen molar-refractivity contribution in [2.45, 2.75) is 19.3 Å². The summed E-state index contributed by atoms with van der Waals surface area (Å²) in [6.45, 7) is 1.95. The summed E-state index contributed by atoms with van der Waals surface area (Å²) < 4.78 is 0. The molecule has 0 saturated carbocycles. The highest BCUT2D eigenvalue weighted by molar-refractivity contribution is 7.14. The van der Waals surface area contributed by atoms with Crippen LogP contribution in [0, 0.1) is 0 Å². The summed E-state index contributed by atoms with van der Waals surface area (Å²) in [7, 11) is 0. The normalized spacial score (nSPS) is 14.0. The lowest BCUT2D eigenvalue weighted by atomic mass is 10.3. The Kier molecular flexibility index (Phi) is 4.47. The van der Waals surface area contributed by atoms with Gasteiger partial charge in [-0.3, -0.25) is 14.9 Å². The largest absolute Gasteiger partial charge is 0.369 e. The molecule has 1 saturated heterocycles. The molecule has 0 atom stereocenters. The molecule has 0 spiro atoms. The Bertz CT molecular complexity index is 708. The van der Waals surface area contributed by atoms with Gasteiger partial charge in [-0.05, 0) is 25.0 Å². The SMILES string of the molecule is NC(=O)Cc1csc(NC(=O)c2ccc(N3CCCC3)nn2)n1. The molecule has 1 aliphatic rings. The second-order valence-electron chi connectivity index (χ2n) is 5.21. The highest BCUT2D eigenvalue weighted by Crippen LogP contribution is 2.18. The Labute approximate surface area is 136 Å². The fourth-order valence-corrected chi connectivity index (χ4v) is 3.05. The van der Waals surface area contributed by atoms with Crippen molar-refractivity contribution in [1.82, 2.24) is 15.2 Å². The molecule has 1 aliphatic heterocycles. The topological polar surface area (TPSA) is 114 Å². The van der Waals surface area contributed by atoms with Crippen LogP contribution in [0.3, 0.4) is 0 Å². The van der Waals surface area contributed by atoms with Gasteiger partial charge < -0.3 is 10.6 Å². The number of primary amides is 1. The molecule has 9 heteroatoms. The van der Waals surface area contributed by atoms with Gasteiger partial charge in [-0.1, -0.05) is 0 Å². The molecule has 2 amide bonds. The van der Waals surface area contributed by atoms with E-state index in [-0.39, 0.29) is 18.0 Å². The molecule has 3 N–H and O–H groups in total. The van der Waals surface area contributed by atoms with E-state index < -0.39 is 5.91 Å². The molecular formula is C14H16N6O2S. The standard InChI is InChI=1S/C14H16N6O2S/c15-11(21)7-9-8-23-14(16-9)17-13(22)10-3-4-12(19-18-10)20-5-1-2-6-20/h3-4,8H,1-2,5-7H2,(H2,15,21)(H,16,17,22). The van der Waals surface area contributed by atoms with Crippen LogP contribution in [-0.2, 0) is 11.2 Å². The zero-order valence-corrected chi connectivity index (χ0v) is 13.2. The number of nitrogens with one attached hydrogen (secondary N) is 1. The van der Waals surface area contributed by atoms with Crippen LogP contribution in [0.2, 0.25) is 0 Å². The van der Waals surface area contributed by atoms with Gasteiger partial charge in [0.25, 0.3) is 5.91 Å². The molecule has 0 aromatic carbocycles. The predicted octanol–water partition coefficient (Wildman–Crippen LogP) is 0.813. The minimum absolute atomic E-state index is 0.0523. The lowest BCUT2D eigenvalue weighted by molar-refractivity contribution is -0.117. The quantitative estimate of drug-likeness (QED) is 0.837. The number of hydrogen-bond acceptors (Lipinski definition) is 7. The van der Waals surface area contributed by atoms with Crippen molar-refractivity contribution in [3.8, 4) is 0 Å². The van der Waals surface area contributed by atoms with Gasteiger partial charge in [0.05, 0.1) is 12.1 Å². The fourth-order valence-electron chi connectivity index (χ4n) is 2.35. The number of thiazole rings is 1. The van der Waals surface area contributed by atoms with Crippen molar-refractivity contribution in [3.05, 3.63) is 28.9 Å². The Morgan fingerprint density at radius 3 is 2.70 bits per heavy atom. The number of rotatable bonds is 5. The van der Waals surface area contributed by atoms with E-state index in [1.165, 1.54) is 11.3 Å². The molecule has 0 unspecified atom stereocenters. The summed E-state index contributed by atoms with van der Waals surface area (Å²) in [5.41, 5.74) is 5.87. The Balaban J connectivity index is 1.63. The van der Waals surface area contributed by atoms with Gasteiger partial charge in [0.1, 0.15) is 0 Å². The van der Waals surface area contributed by atoms with E-state index in [4.69, 9.17) is 5.73 Å². The van der Waals surface area contributed by atoms with E-state index in [0.29, 0.717) is 10.8 Å². The number of nitrogens with zero attached hydrogens (tertiary/aromatic N) is 4. The molecule has 2 aromatic rings. The number of carbonyl (C=O) groups excluding carboxylic acids is 2. The summed E-state index contributed by atoms with van der Waals surface area (Å²) in [5, 5.41) is 12.8. The first-order valence-electron chi connectivity index (χ1n) is 7.24. The number of hydrogen-bond donors (Lipinski definition) is 2. The molecule has 120 valence electrons. The van der Waals surface area contributed by atoms with Crippen molar-refractivity contribution in [3.63, 3.8) is 0 Å². The Morgan fingerprint density at radius 2 is 2.04 bits per heavy atom. The number of aromatic nitrogens is 3. The predicted molar refractivity (Wildman–Crippen MR) is 86.4 cm³/mol. The molecule has 2 aromatic heterocycles. The number of anilines is 2. The van der Waals surface area contributed by atoms with Crippen LogP contribution >= 0.6 is 11.3 Å². The Morgan fingerprint density at radius 1 is 1.26 bits per heavy atom. The van der Waals surface area contributed by atoms with Crippen molar-refractivity contribution < 1.29 is 9.59 Å².